The Morgan fingerprint density at radius 3 is 2.79 bits per heavy atom. The molecule has 0 bridgehead atoms. The van der Waals surface area contributed by atoms with Crippen LogP contribution in [0.2, 0.25) is 0 Å². The molecule has 0 spiro atoms. The van der Waals surface area contributed by atoms with E-state index in [1.54, 1.807) is 25.1 Å². The molecule has 1 N–H and O–H groups in total. The lowest BCUT2D eigenvalue weighted by Gasteiger charge is -2.10. The minimum Gasteiger partial charge on any atom is -0.462 e. The van der Waals surface area contributed by atoms with E-state index < -0.39 is 5.97 Å². The van der Waals surface area contributed by atoms with Crippen molar-refractivity contribution in [1.82, 2.24) is 14.8 Å². The molecule has 1 aromatic carbocycles. The molecule has 3 heterocycles. The van der Waals surface area contributed by atoms with Crippen molar-refractivity contribution < 1.29 is 14.3 Å². The molecule has 0 aliphatic rings. The molecule has 0 aliphatic carbocycles. The number of carbonyl (C=O) groups is 2. The maximum Gasteiger partial charge on any atom is 0.343 e. The fourth-order valence-corrected chi connectivity index (χ4v) is 3.37. The second-order valence-electron chi connectivity index (χ2n) is 5.83. The van der Waals surface area contributed by atoms with Crippen LogP contribution in [0.25, 0.3) is 16.7 Å². The number of aromatic nitrogens is 3. The molecule has 0 saturated carbocycles. The summed E-state index contributed by atoms with van der Waals surface area (Å²) in [7, 11) is 0. The van der Waals surface area contributed by atoms with Crippen LogP contribution in [0, 0.1) is 0 Å². The van der Waals surface area contributed by atoms with Crippen LogP contribution >= 0.6 is 11.3 Å². The van der Waals surface area contributed by atoms with Crippen molar-refractivity contribution in [2.75, 3.05) is 11.9 Å². The van der Waals surface area contributed by atoms with E-state index in [0.717, 1.165) is 10.9 Å². The molecule has 0 fully saturated rings. The molecule has 28 heavy (non-hydrogen) atoms. The van der Waals surface area contributed by atoms with E-state index in [0.29, 0.717) is 10.7 Å². The highest BCUT2D eigenvalue weighted by Gasteiger charge is 2.23. The molecule has 0 saturated heterocycles. The van der Waals surface area contributed by atoms with Gasteiger partial charge in [-0.15, -0.1) is 11.3 Å². The van der Waals surface area contributed by atoms with Gasteiger partial charge >= 0.3 is 5.97 Å². The molecule has 8 heteroatoms. The van der Waals surface area contributed by atoms with Crippen molar-refractivity contribution >= 4 is 39.9 Å². The second-order valence-corrected chi connectivity index (χ2v) is 6.78. The number of fused-ring (bicyclic) bond motifs is 1. The SMILES string of the molecule is CCOC(=O)c1cnn(-c2ccc3ccccc3n2)c1NC(=O)c1cccs1. The van der Waals surface area contributed by atoms with E-state index in [4.69, 9.17) is 4.74 Å². The summed E-state index contributed by atoms with van der Waals surface area (Å²) in [6.45, 7) is 1.94. The predicted molar refractivity (Wildman–Crippen MR) is 107 cm³/mol. The summed E-state index contributed by atoms with van der Waals surface area (Å²) in [4.78, 5) is 30.1. The number of nitrogens with zero attached hydrogens (tertiary/aromatic N) is 3. The second kappa shape index (κ2) is 7.61. The van der Waals surface area contributed by atoms with Gasteiger partial charge in [0, 0.05) is 5.39 Å². The van der Waals surface area contributed by atoms with Gasteiger partial charge in [-0.05, 0) is 36.6 Å². The third kappa shape index (κ3) is 3.37. The van der Waals surface area contributed by atoms with E-state index in [-0.39, 0.29) is 23.9 Å². The van der Waals surface area contributed by atoms with Crippen LogP contribution in [0.1, 0.15) is 27.0 Å². The van der Waals surface area contributed by atoms with Crippen LogP contribution in [0.5, 0.6) is 0 Å². The lowest BCUT2D eigenvalue weighted by atomic mass is 10.2. The fourth-order valence-electron chi connectivity index (χ4n) is 2.75. The Kier molecular flexibility index (Phi) is 4.86. The number of hydrogen-bond acceptors (Lipinski definition) is 6. The summed E-state index contributed by atoms with van der Waals surface area (Å²) in [6.07, 6.45) is 1.37. The standard InChI is InChI=1S/C20H16N4O3S/c1-2-27-20(26)14-12-21-24(18(14)23-19(25)16-8-5-11-28-16)17-10-9-13-6-3-4-7-15(13)22-17/h3-12H,2H2,1H3,(H,23,25). The molecule has 3 aromatic heterocycles. The third-order valence-corrected chi connectivity index (χ3v) is 4.91. The molecule has 7 nitrogen and oxygen atoms in total. The van der Waals surface area contributed by atoms with Crippen LogP contribution < -0.4 is 5.32 Å². The maximum absolute atomic E-state index is 12.6. The Morgan fingerprint density at radius 2 is 2.00 bits per heavy atom. The fraction of sp³-hybridized carbons (Fsp3) is 0.100. The number of amides is 1. The first-order chi connectivity index (χ1) is 13.7. The predicted octanol–water partition coefficient (Wildman–Crippen LogP) is 3.91. The summed E-state index contributed by atoms with van der Waals surface area (Å²) >= 11 is 1.31. The number of ether oxygens (including phenoxy) is 1. The molecule has 1 amide bonds. The zero-order chi connectivity index (χ0) is 19.5. The molecule has 0 aliphatic heterocycles. The minimum atomic E-state index is -0.559. The van der Waals surface area contributed by atoms with Gasteiger partial charge in [0.05, 0.1) is 23.2 Å². The van der Waals surface area contributed by atoms with E-state index in [1.807, 2.05) is 35.7 Å². The van der Waals surface area contributed by atoms with Gasteiger partial charge in [-0.2, -0.15) is 9.78 Å². The third-order valence-electron chi connectivity index (χ3n) is 4.04. The first kappa shape index (κ1) is 17.9. The highest BCUT2D eigenvalue weighted by molar-refractivity contribution is 7.12. The normalized spacial score (nSPS) is 10.8. The molecule has 4 aromatic rings. The van der Waals surface area contributed by atoms with Crippen molar-refractivity contribution in [1.29, 1.82) is 0 Å². The van der Waals surface area contributed by atoms with Gasteiger partial charge in [0.1, 0.15) is 5.56 Å². The number of nitrogens with one attached hydrogen (secondary N) is 1. The number of rotatable bonds is 5. The number of benzene rings is 1. The summed E-state index contributed by atoms with van der Waals surface area (Å²) in [6, 6.07) is 14.9. The Bertz CT molecular complexity index is 1150. The van der Waals surface area contributed by atoms with Gasteiger partial charge in [-0.1, -0.05) is 24.3 Å². The minimum absolute atomic E-state index is 0.168. The molecule has 0 atom stereocenters. The van der Waals surface area contributed by atoms with E-state index >= 15 is 0 Å². The van der Waals surface area contributed by atoms with E-state index in [9.17, 15) is 9.59 Å². The molecule has 4 rings (SSSR count). The van der Waals surface area contributed by atoms with Gasteiger partial charge in [0.15, 0.2) is 11.6 Å². The zero-order valence-electron chi connectivity index (χ0n) is 15.0. The maximum atomic E-state index is 12.6. The topological polar surface area (TPSA) is 86.1 Å². The number of esters is 1. The van der Waals surface area contributed by atoms with Crippen LogP contribution in [0.15, 0.2) is 60.1 Å². The average Bonchev–Trinajstić information content (AvgIpc) is 3.38. The zero-order valence-corrected chi connectivity index (χ0v) is 15.8. The highest BCUT2D eigenvalue weighted by Crippen LogP contribution is 2.23. The van der Waals surface area contributed by atoms with Crippen molar-refractivity contribution in [3.8, 4) is 5.82 Å². The first-order valence-electron chi connectivity index (χ1n) is 8.63. The smallest absolute Gasteiger partial charge is 0.343 e. The quantitative estimate of drug-likeness (QED) is 0.521. The Hall–Kier alpha value is -3.52. The highest BCUT2D eigenvalue weighted by atomic mass is 32.1. The van der Waals surface area contributed by atoms with Gasteiger partial charge < -0.3 is 10.1 Å². The van der Waals surface area contributed by atoms with E-state index in [1.165, 1.54) is 22.2 Å². The molecule has 0 radical (unpaired) electrons. The number of hydrogen-bond donors (Lipinski definition) is 1. The largest absolute Gasteiger partial charge is 0.462 e. The van der Waals surface area contributed by atoms with Gasteiger partial charge in [-0.3, -0.25) is 4.79 Å². The van der Waals surface area contributed by atoms with Crippen LogP contribution in [-0.2, 0) is 4.74 Å². The van der Waals surface area contributed by atoms with Crippen molar-refractivity contribution in [3.05, 3.63) is 70.5 Å². The average molecular weight is 392 g/mol. The molecular formula is C20H16N4O3S. The van der Waals surface area contributed by atoms with Crippen LogP contribution in [0.4, 0.5) is 5.82 Å². The molecule has 0 unspecified atom stereocenters. The Balaban J connectivity index is 1.79. The van der Waals surface area contributed by atoms with Crippen molar-refractivity contribution in [2.24, 2.45) is 0 Å². The van der Waals surface area contributed by atoms with Crippen molar-refractivity contribution in [2.45, 2.75) is 6.92 Å². The van der Waals surface area contributed by atoms with Gasteiger partial charge in [-0.25, -0.2) is 9.78 Å². The summed E-state index contributed by atoms with van der Waals surface area (Å²) in [5.41, 5.74) is 0.949. The van der Waals surface area contributed by atoms with Crippen LogP contribution in [0.3, 0.4) is 0 Å². The van der Waals surface area contributed by atoms with Crippen molar-refractivity contribution in [3.63, 3.8) is 0 Å². The first-order valence-corrected chi connectivity index (χ1v) is 9.51. The summed E-state index contributed by atoms with van der Waals surface area (Å²) in [5, 5.41) is 9.84. The van der Waals surface area contributed by atoms with Gasteiger partial charge in [0.2, 0.25) is 0 Å². The Morgan fingerprint density at radius 1 is 1.14 bits per heavy atom. The number of anilines is 1. The molecule has 140 valence electrons. The number of para-hydroxylation sites is 1. The molecular weight excluding hydrogens is 376 g/mol. The lowest BCUT2D eigenvalue weighted by molar-refractivity contribution is 0.0527. The summed E-state index contributed by atoms with van der Waals surface area (Å²) in [5.74, 6) is -0.186. The van der Waals surface area contributed by atoms with E-state index in [2.05, 4.69) is 15.4 Å². The summed E-state index contributed by atoms with van der Waals surface area (Å²) < 4.78 is 6.53. The lowest BCUT2D eigenvalue weighted by Crippen LogP contribution is -2.17. The number of carbonyl (C=O) groups excluding carboxylic acids is 2. The number of thiophene rings is 1. The van der Waals surface area contributed by atoms with Crippen LogP contribution in [-0.4, -0.2) is 33.2 Å². The Labute approximate surface area is 164 Å². The monoisotopic (exact) mass is 392 g/mol. The van der Waals surface area contributed by atoms with Gasteiger partial charge in [0.25, 0.3) is 5.91 Å². The number of pyridine rings is 1.